The maximum absolute atomic E-state index is 12.9. The average molecular weight is 396 g/mol. The average Bonchev–Trinajstić information content (AvgIpc) is 3.08. The third kappa shape index (κ3) is 5.39. The number of thioether (sulfide) groups is 1. The summed E-state index contributed by atoms with van der Waals surface area (Å²) in [5.41, 5.74) is 1.73. The van der Waals surface area contributed by atoms with Crippen LogP contribution in [0.5, 0.6) is 0 Å². The molecular weight excluding hydrogens is 373 g/mol. The van der Waals surface area contributed by atoms with Crippen LogP contribution in [-0.4, -0.2) is 26.3 Å². The van der Waals surface area contributed by atoms with E-state index < -0.39 is 0 Å². The number of benzene rings is 2. The van der Waals surface area contributed by atoms with Gasteiger partial charge in [-0.1, -0.05) is 48.2 Å². The fourth-order valence-electron chi connectivity index (χ4n) is 2.82. The summed E-state index contributed by atoms with van der Waals surface area (Å²) in [6, 6.07) is 15.8. The zero-order valence-electron chi connectivity index (χ0n) is 15.6. The van der Waals surface area contributed by atoms with Crippen LogP contribution in [0.15, 0.2) is 72.4 Å². The number of hydrogen-bond donors (Lipinski definition) is 0. The zero-order chi connectivity index (χ0) is 19.8. The van der Waals surface area contributed by atoms with Gasteiger partial charge in [-0.2, -0.15) is 0 Å². The number of halogens is 1. The number of aromatic nitrogens is 3. The van der Waals surface area contributed by atoms with Crippen molar-refractivity contribution < 1.29 is 9.18 Å². The lowest BCUT2D eigenvalue weighted by Gasteiger charge is -2.08. The molecule has 0 saturated carbocycles. The summed E-state index contributed by atoms with van der Waals surface area (Å²) in [5.74, 6) is 1.35. The number of Topliss-reactive ketones (excluding diaryl/α,β-unsaturated/α-hetero) is 1. The molecule has 0 N–H and O–H groups in total. The number of rotatable bonds is 10. The molecule has 144 valence electrons. The Balaban J connectivity index is 1.55. The molecule has 0 aliphatic rings. The second-order valence-electron chi connectivity index (χ2n) is 6.34. The number of ketones is 1. The Labute approximate surface area is 168 Å². The molecule has 0 amide bonds. The van der Waals surface area contributed by atoms with Gasteiger partial charge in [0.05, 0.1) is 0 Å². The number of nitrogens with zero attached hydrogens (tertiary/aromatic N) is 3. The number of carbonyl (C=O) groups excluding carboxylic acids is 1. The summed E-state index contributed by atoms with van der Waals surface area (Å²) in [4.78, 5) is 12.2. The van der Waals surface area contributed by atoms with Gasteiger partial charge in [0.15, 0.2) is 10.9 Å². The van der Waals surface area contributed by atoms with Crippen molar-refractivity contribution in [3.63, 3.8) is 0 Å². The van der Waals surface area contributed by atoms with Crippen molar-refractivity contribution in [1.29, 1.82) is 0 Å². The molecule has 3 rings (SSSR count). The minimum Gasteiger partial charge on any atom is -0.302 e. The lowest BCUT2D eigenvalue weighted by Crippen LogP contribution is -2.05. The predicted molar refractivity (Wildman–Crippen MR) is 110 cm³/mol. The van der Waals surface area contributed by atoms with E-state index in [4.69, 9.17) is 0 Å². The van der Waals surface area contributed by atoms with Crippen LogP contribution in [-0.2, 0) is 13.0 Å². The van der Waals surface area contributed by atoms with Crippen LogP contribution >= 0.6 is 11.8 Å². The molecule has 0 radical (unpaired) electrons. The van der Waals surface area contributed by atoms with Crippen molar-refractivity contribution >= 4 is 17.5 Å². The van der Waals surface area contributed by atoms with Gasteiger partial charge >= 0.3 is 0 Å². The third-order valence-corrected chi connectivity index (χ3v) is 5.31. The predicted octanol–water partition coefficient (Wildman–Crippen LogP) is 4.95. The van der Waals surface area contributed by atoms with E-state index in [1.54, 1.807) is 11.8 Å². The molecule has 0 aliphatic carbocycles. The first-order valence-electron chi connectivity index (χ1n) is 9.16. The molecule has 0 aliphatic heterocycles. The smallest absolute Gasteiger partial charge is 0.191 e. The maximum atomic E-state index is 12.9. The number of carbonyl (C=O) groups is 1. The van der Waals surface area contributed by atoms with Gasteiger partial charge in [-0.05, 0) is 36.2 Å². The van der Waals surface area contributed by atoms with Crippen LogP contribution in [0.3, 0.4) is 0 Å². The van der Waals surface area contributed by atoms with Gasteiger partial charge in [-0.15, -0.1) is 16.8 Å². The molecule has 1 heterocycles. The first-order valence-corrected chi connectivity index (χ1v) is 10.1. The molecule has 3 aromatic rings. The van der Waals surface area contributed by atoms with Crippen molar-refractivity contribution in [2.45, 2.75) is 31.0 Å². The summed E-state index contributed by atoms with van der Waals surface area (Å²) < 4.78 is 15.0. The molecule has 0 fully saturated rings. The van der Waals surface area contributed by atoms with Crippen LogP contribution in [0.2, 0.25) is 0 Å². The Morgan fingerprint density at radius 1 is 1.11 bits per heavy atom. The topological polar surface area (TPSA) is 47.8 Å². The first-order chi connectivity index (χ1) is 13.7. The van der Waals surface area contributed by atoms with Gasteiger partial charge < -0.3 is 4.57 Å². The van der Waals surface area contributed by atoms with Crippen molar-refractivity contribution in [3.8, 4) is 0 Å². The number of hydrogen-bond acceptors (Lipinski definition) is 4. The highest BCUT2D eigenvalue weighted by Gasteiger charge is 2.13. The molecule has 0 saturated heterocycles. The fraction of sp³-hybridized carbons (Fsp3) is 0.227. The molecule has 1 aromatic heterocycles. The van der Waals surface area contributed by atoms with Gasteiger partial charge in [-0.25, -0.2) is 4.39 Å². The lowest BCUT2D eigenvalue weighted by atomic mass is 10.1. The Morgan fingerprint density at radius 2 is 1.86 bits per heavy atom. The van der Waals surface area contributed by atoms with Crippen LogP contribution in [0.1, 0.15) is 34.6 Å². The largest absolute Gasteiger partial charge is 0.302 e. The Morgan fingerprint density at radius 3 is 2.57 bits per heavy atom. The molecule has 0 atom stereocenters. The molecule has 6 heteroatoms. The minimum absolute atomic E-state index is 0.0259. The van der Waals surface area contributed by atoms with Gasteiger partial charge in [0, 0.05) is 30.7 Å². The van der Waals surface area contributed by atoms with Crippen molar-refractivity contribution in [3.05, 3.63) is 90.0 Å². The Hall–Kier alpha value is -2.73. The van der Waals surface area contributed by atoms with Crippen molar-refractivity contribution in [1.82, 2.24) is 14.8 Å². The van der Waals surface area contributed by atoms with E-state index >= 15 is 0 Å². The minimum atomic E-state index is -0.333. The molecule has 28 heavy (non-hydrogen) atoms. The number of allylic oxidation sites excluding steroid dienone is 1. The highest BCUT2D eigenvalue weighted by Crippen LogP contribution is 2.21. The fourth-order valence-corrected chi connectivity index (χ4v) is 3.73. The standard InChI is InChI=1S/C22H22FN3OS/c1-2-14-26-21(16-17-7-4-3-5-8-17)24-25-22(26)28-15-6-9-20(27)18-10-12-19(23)13-11-18/h2-5,7-8,10-13H,1,6,9,14-16H2. The summed E-state index contributed by atoms with van der Waals surface area (Å²) in [7, 11) is 0. The Bertz CT molecular complexity index is 923. The van der Waals surface area contributed by atoms with E-state index in [9.17, 15) is 9.18 Å². The van der Waals surface area contributed by atoms with E-state index in [1.165, 1.54) is 29.8 Å². The normalized spacial score (nSPS) is 10.8. The molecule has 4 nitrogen and oxygen atoms in total. The first kappa shape index (κ1) is 20.0. The molecule has 0 unspecified atom stereocenters. The summed E-state index contributed by atoms with van der Waals surface area (Å²) in [5, 5.41) is 9.49. The maximum Gasteiger partial charge on any atom is 0.191 e. The van der Waals surface area contributed by atoms with Gasteiger partial charge in [0.1, 0.15) is 11.6 Å². The van der Waals surface area contributed by atoms with Crippen molar-refractivity contribution in [2.75, 3.05) is 5.75 Å². The van der Waals surface area contributed by atoms with Crippen LogP contribution in [0.25, 0.3) is 0 Å². The van der Waals surface area contributed by atoms with Gasteiger partial charge in [0.25, 0.3) is 0 Å². The second-order valence-corrected chi connectivity index (χ2v) is 7.40. The van der Waals surface area contributed by atoms with E-state index in [2.05, 4.69) is 33.5 Å². The van der Waals surface area contributed by atoms with E-state index in [1.807, 2.05) is 24.3 Å². The zero-order valence-corrected chi connectivity index (χ0v) is 16.4. The van der Waals surface area contributed by atoms with E-state index in [-0.39, 0.29) is 11.6 Å². The summed E-state index contributed by atoms with van der Waals surface area (Å²) >= 11 is 1.59. The van der Waals surface area contributed by atoms with E-state index in [0.29, 0.717) is 24.9 Å². The van der Waals surface area contributed by atoms with Crippen LogP contribution in [0.4, 0.5) is 4.39 Å². The third-order valence-electron chi connectivity index (χ3n) is 4.26. The highest BCUT2D eigenvalue weighted by molar-refractivity contribution is 7.99. The van der Waals surface area contributed by atoms with Crippen LogP contribution in [0, 0.1) is 5.82 Å². The summed E-state index contributed by atoms with van der Waals surface area (Å²) in [6.07, 6.45) is 3.69. The van der Waals surface area contributed by atoms with Gasteiger partial charge in [0.2, 0.25) is 0 Å². The molecule has 2 aromatic carbocycles. The summed E-state index contributed by atoms with van der Waals surface area (Å²) in [6.45, 7) is 4.47. The molecule has 0 spiro atoms. The monoisotopic (exact) mass is 395 g/mol. The second kappa shape index (κ2) is 9.99. The highest BCUT2D eigenvalue weighted by atomic mass is 32.2. The quantitative estimate of drug-likeness (QED) is 0.211. The lowest BCUT2D eigenvalue weighted by molar-refractivity contribution is 0.0982. The SMILES string of the molecule is C=CCn1c(Cc2ccccc2)nnc1SCCCC(=O)c1ccc(F)cc1. The Kier molecular flexibility index (Phi) is 7.14. The van der Waals surface area contributed by atoms with E-state index in [0.717, 1.165) is 23.2 Å². The molecular formula is C22H22FN3OS. The molecule has 0 bridgehead atoms. The van der Waals surface area contributed by atoms with Crippen molar-refractivity contribution in [2.24, 2.45) is 0 Å². The van der Waals surface area contributed by atoms with Gasteiger partial charge in [-0.3, -0.25) is 4.79 Å². The van der Waals surface area contributed by atoms with Crippen LogP contribution < -0.4 is 0 Å².